The molecule has 3 heterocycles. The van der Waals surface area contributed by atoms with Crippen LogP contribution in [0.1, 0.15) is 63.5 Å². The van der Waals surface area contributed by atoms with Gasteiger partial charge in [-0.05, 0) is 19.8 Å². The summed E-state index contributed by atoms with van der Waals surface area (Å²) in [5, 5.41) is 7.70. The molecule has 0 radical (unpaired) electrons. The lowest BCUT2D eigenvalue weighted by atomic mass is 10.1. The van der Waals surface area contributed by atoms with Crippen LogP contribution in [0.5, 0.6) is 0 Å². The fraction of sp³-hybridized carbons (Fsp3) is 0.684. The monoisotopic (exact) mass is 488 g/mol. The van der Waals surface area contributed by atoms with Crippen molar-refractivity contribution < 1.29 is 22.6 Å². The van der Waals surface area contributed by atoms with E-state index in [1.165, 1.54) is 26.4 Å². The number of aromatic nitrogens is 5. The summed E-state index contributed by atoms with van der Waals surface area (Å²) in [6.07, 6.45) is 2.98. The molecule has 1 aliphatic rings. The zero-order valence-corrected chi connectivity index (χ0v) is 20.1. The molecule has 3 rings (SSSR count). The van der Waals surface area contributed by atoms with Gasteiger partial charge in [-0.3, -0.25) is 9.29 Å². The van der Waals surface area contributed by atoms with E-state index in [4.69, 9.17) is 25.8 Å². The van der Waals surface area contributed by atoms with Gasteiger partial charge < -0.3 is 14.2 Å². The van der Waals surface area contributed by atoms with Gasteiger partial charge in [-0.15, -0.1) is 10.2 Å². The zero-order chi connectivity index (χ0) is 23.3. The molecule has 32 heavy (non-hydrogen) atoms. The van der Waals surface area contributed by atoms with E-state index in [0.29, 0.717) is 30.7 Å². The summed E-state index contributed by atoms with van der Waals surface area (Å²) >= 11 is 5.84. The number of anilines is 1. The van der Waals surface area contributed by atoms with Crippen molar-refractivity contribution >= 4 is 27.6 Å². The summed E-state index contributed by atoms with van der Waals surface area (Å²) in [5.41, 5.74) is 0. The Hall–Kier alpha value is -1.86. The van der Waals surface area contributed by atoms with E-state index in [1.807, 2.05) is 13.8 Å². The topological polar surface area (TPSA) is 130 Å². The number of methoxy groups -OCH3 is 1. The molecule has 3 atom stereocenters. The molecule has 1 fully saturated rings. The Morgan fingerprint density at radius 1 is 1.25 bits per heavy atom. The fourth-order valence-corrected chi connectivity index (χ4v) is 4.84. The number of nitrogens with zero attached hydrogens (tertiary/aromatic N) is 5. The van der Waals surface area contributed by atoms with E-state index >= 15 is 0 Å². The molecule has 13 heteroatoms. The fourth-order valence-electron chi connectivity index (χ4n) is 3.60. The van der Waals surface area contributed by atoms with Gasteiger partial charge in [0.1, 0.15) is 17.5 Å². The number of nitrogens with one attached hydrogen (secondary N) is 1. The van der Waals surface area contributed by atoms with E-state index in [0.717, 1.165) is 12.8 Å². The molecule has 178 valence electrons. The predicted molar refractivity (Wildman–Crippen MR) is 118 cm³/mol. The molecular weight excluding hydrogens is 460 g/mol. The minimum absolute atomic E-state index is 0.0173. The van der Waals surface area contributed by atoms with Crippen LogP contribution in [0.3, 0.4) is 0 Å². The highest BCUT2D eigenvalue weighted by Crippen LogP contribution is 2.30. The van der Waals surface area contributed by atoms with Crippen molar-refractivity contribution in [2.24, 2.45) is 0 Å². The molecule has 0 aliphatic carbocycles. The molecular formula is C19H29ClN6O5S. The zero-order valence-electron chi connectivity index (χ0n) is 18.6. The Labute approximate surface area is 192 Å². The first-order chi connectivity index (χ1) is 15.3. The van der Waals surface area contributed by atoms with E-state index in [-0.39, 0.29) is 17.8 Å². The lowest BCUT2D eigenvalue weighted by molar-refractivity contribution is -0.0951. The maximum Gasteiger partial charge on any atom is 0.240 e. The molecule has 1 N–H and O–H groups in total. The van der Waals surface area contributed by atoms with Crippen LogP contribution in [0, 0.1) is 0 Å². The van der Waals surface area contributed by atoms with Crippen molar-refractivity contribution in [1.29, 1.82) is 0 Å². The van der Waals surface area contributed by atoms with Gasteiger partial charge in [-0.25, -0.2) is 18.4 Å². The van der Waals surface area contributed by atoms with E-state index in [2.05, 4.69) is 24.9 Å². The Morgan fingerprint density at radius 2 is 1.94 bits per heavy atom. The first kappa shape index (κ1) is 24.8. The first-order valence-electron chi connectivity index (χ1n) is 10.5. The normalized spacial score (nSPS) is 19.1. The second-order valence-electron chi connectivity index (χ2n) is 7.42. The largest absolute Gasteiger partial charge is 0.376 e. The van der Waals surface area contributed by atoms with Crippen LogP contribution < -0.4 is 4.72 Å². The van der Waals surface area contributed by atoms with Gasteiger partial charge in [0, 0.05) is 25.5 Å². The molecule has 0 spiro atoms. The molecule has 0 bridgehead atoms. The summed E-state index contributed by atoms with van der Waals surface area (Å²) < 4.78 is 47.6. The SMILES string of the molecule is CCC(CC)n1c(NS(=O)(=O)[C@@H](C)[C@H](OC)c2ncc(Cl)cn2)nnc1[C@@H]1COCCO1. The highest BCUT2D eigenvalue weighted by molar-refractivity contribution is 7.93. The van der Waals surface area contributed by atoms with Crippen molar-refractivity contribution in [3.63, 3.8) is 0 Å². The molecule has 2 aromatic rings. The number of hydrogen-bond acceptors (Lipinski definition) is 9. The van der Waals surface area contributed by atoms with Crippen molar-refractivity contribution in [3.05, 3.63) is 29.1 Å². The van der Waals surface area contributed by atoms with E-state index < -0.39 is 27.5 Å². The third-order valence-corrected chi connectivity index (χ3v) is 7.32. The average molecular weight is 489 g/mol. The highest BCUT2D eigenvalue weighted by Gasteiger charge is 2.35. The van der Waals surface area contributed by atoms with Crippen LogP contribution in [0.4, 0.5) is 5.95 Å². The third-order valence-electron chi connectivity index (χ3n) is 5.43. The third kappa shape index (κ3) is 5.37. The molecule has 1 saturated heterocycles. The maximum absolute atomic E-state index is 13.3. The van der Waals surface area contributed by atoms with Gasteiger partial charge in [0.05, 0.1) is 24.8 Å². The number of halogens is 1. The summed E-state index contributed by atoms with van der Waals surface area (Å²) in [4.78, 5) is 8.21. The van der Waals surface area contributed by atoms with Gasteiger partial charge >= 0.3 is 0 Å². The summed E-state index contributed by atoms with van der Waals surface area (Å²) in [6, 6.07) is -0.0173. The van der Waals surface area contributed by atoms with Gasteiger partial charge in [-0.1, -0.05) is 25.4 Å². The van der Waals surface area contributed by atoms with Crippen LogP contribution in [0.15, 0.2) is 12.4 Å². The quantitative estimate of drug-likeness (QED) is 0.536. The Balaban J connectivity index is 1.91. The number of hydrogen-bond donors (Lipinski definition) is 1. The van der Waals surface area contributed by atoms with Crippen LogP contribution in [0.25, 0.3) is 0 Å². The van der Waals surface area contributed by atoms with Gasteiger partial charge in [-0.2, -0.15) is 0 Å². The summed E-state index contributed by atoms with van der Waals surface area (Å²) in [5.74, 6) is 0.874. The van der Waals surface area contributed by atoms with Gasteiger partial charge in [0.2, 0.25) is 16.0 Å². The summed E-state index contributed by atoms with van der Waals surface area (Å²) in [6.45, 7) is 6.85. The minimum Gasteiger partial charge on any atom is -0.376 e. The first-order valence-corrected chi connectivity index (χ1v) is 12.4. The smallest absolute Gasteiger partial charge is 0.240 e. The van der Waals surface area contributed by atoms with Crippen molar-refractivity contribution in [1.82, 2.24) is 24.7 Å². The second kappa shape index (κ2) is 10.8. The van der Waals surface area contributed by atoms with Crippen LogP contribution in [-0.4, -0.2) is 65.3 Å². The maximum atomic E-state index is 13.3. The second-order valence-corrected chi connectivity index (χ2v) is 9.90. The Bertz CT molecular complexity index is 977. The Kier molecular flexibility index (Phi) is 8.39. The molecule has 0 saturated carbocycles. The molecule has 0 aromatic carbocycles. The number of ether oxygens (including phenoxy) is 3. The highest BCUT2D eigenvalue weighted by atomic mass is 35.5. The molecule has 2 aromatic heterocycles. The predicted octanol–water partition coefficient (Wildman–Crippen LogP) is 2.69. The minimum atomic E-state index is -3.96. The lowest BCUT2D eigenvalue weighted by Gasteiger charge is -2.27. The molecule has 0 unspecified atom stereocenters. The number of sulfonamides is 1. The van der Waals surface area contributed by atoms with Crippen LogP contribution in [-0.2, 0) is 24.2 Å². The standard InChI is InChI=1S/C19H29ClN6O5S/c1-5-14(6-2)26-18(15-11-30-7-8-31-15)23-24-19(26)25-32(27,28)12(3)16(29-4)17-21-9-13(20)10-22-17/h9-10,12,14-16H,5-8,11H2,1-4H3,(H,24,25)/t12-,15-,16-/m0/s1. The van der Waals surface area contributed by atoms with Crippen molar-refractivity contribution in [2.75, 3.05) is 31.7 Å². The summed E-state index contributed by atoms with van der Waals surface area (Å²) in [7, 11) is -2.55. The van der Waals surface area contributed by atoms with Gasteiger partial charge in [0.25, 0.3) is 0 Å². The molecule has 1 aliphatic heterocycles. The van der Waals surface area contributed by atoms with E-state index in [1.54, 1.807) is 4.57 Å². The lowest BCUT2D eigenvalue weighted by Crippen LogP contribution is -2.34. The van der Waals surface area contributed by atoms with Crippen LogP contribution >= 0.6 is 11.6 Å². The molecule has 0 amide bonds. The van der Waals surface area contributed by atoms with Gasteiger partial charge in [0.15, 0.2) is 11.6 Å². The molecule has 11 nitrogen and oxygen atoms in total. The Morgan fingerprint density at radius 3 is 2.50 bits per heavy atom. The van der Waals surface area contributed by atoms with Crippen molar-refractivity contribution in [3.8, 4) is 0 Å². The van der Waals surface area contributed by atoms with E-state index in [9.17, 15) is 8.42 Å². The average Bonchev–Trinajstić information content (AvgIpc) is 3.19. The number of rotatable bonds is 10. The van der Waals surface area contributed by atoms with Crippen molar-refractivity contribution in [2.45, 2.75) is 57.1 Å². The van der Waals surface area contributed by atoms with Crippen LogP contribution in [0.2, 0.25) is 5.02 Å².